The fourth-order valence-electron chi connectivity index (χ4n) is 4.59. The minimum Gasteiger partial charge on any atom is -0.507 e. The maximum Gasteiger partial charge on any atom is 0.122 e. The van der Waals surface area contributed by atoms with Gasteiger partial charge >= 0.3 is 0 Å². The van der Waals surface area contributed by atoms with E-state index in [1.54, 1.807) is 0 Å². The number of rotatable bonds is 4. The summed E-state index contributed by atoms with van der Waals surface area (Å²) in [5.74, 6) is 2.41. The highest BCUT2D eigenvalue weighted by Crippen LogP contribution is 2.36. The zero-order valence-corrected chi connectivity index (χ0v) is 29.7. The van der Waals surface area contributed by atoms with E-state index in [9.17, 15) is 10.2 Å². The van der Waals surface area contributed by atoms with Crippen LogP contribution in [0.5, 0.6) is 11.5 Å². The summed E-state index contributed by atoms with van der Waals surface area (Å²) in [7, 11) is 0. The zero-order valence-electron chi connectivity index (χ0n) is 28.0. The summed E-state index contributed by atoms with van der Waals surface area (Å²) in [4.78, 5) is 0. The highest BCUT2D eigenvalue weighted by atomic mass is 32.2. The van der Waals surface area contributed by atoms with Gasteiger partial charge in [-0.1, -0.05) is 126 Å². The van der Waals surface area contributed by atoms with Crippen LogP contribution in [0.2, 0.25) is 0 Å². The molecule has 2 nitrogen and oxygen atoms in total. The van der Waals surface area contributed by atoms with Gasteiger partial charge < -0.3 is 10.2 Å². The highest BCUT2D eigenvalue weighted by molar-refractivity contribution is 7.99. The molecule has 0 saturated heterocycles. The largest absolute Gasteiger partial charge is 0.507 e. The molecule has 0 unspecified atom stereocenters. The molecule has 0 aromatic heterocycles. The molecule has 3 rings (SSSR count). The second-order valence-electron chi connectivity index (χ2n) is 12.5. The number of aromatic hydroxyl groups is 2. The van der Waals surface area contributed by atoms with Gasteiger partial charge in [0.1, 0.15) is 11.5 Å². The van der Waals surface area contributed by atoms with Crippen molar-refractivity contribution in [3.8, 4) is 11.5 Å². The summed E-state index contributed by atoms with van der Waals surface area (Å²) in [6, 6.07) is 8.44. The van der Waals surface area contributed by atoms with Crippen molar-refractivity contribution in [2.75, 3.05) is 0 Å². The first-order chi connectivity index (χ1) is 18.7. The molecule has 0 radical (unpaired) electrons. The topological polar surface area (TPSA) is 40.5 Å². The third-order valence-corrected chi connectivity index (χ3v) is 8.95. The van der Waals surface area contributed by atoms with Gasteiger partial charge in [0.05, 0.1) is 0 Å². The molecule has 2 aromatic rings. The zero-order chi connectivity index (χ0) is 31.1. The molecule has 230 valence electrons. The predicted octanol–water partition coefficient (Wildman–Crippen LogP) is 11.8. The van der Waals surface area contributed by atoms with Crippen LogP contribution in [-0.4, -0.2) is 15.5 Å². The van der Waals surface area contributed by atoms with Gasteiger partial charge in [-0.2, -0.15) is 24.4 Å². The Balaban J connectivity index is 0.000000729. The van der Waals surface area contributed by atoms with Crippen LogP contribution in [0.1, 0.15) is 148 Å². The standard InChI is InChI=1S/C20H32OS.C12H18OS.2C2H6/c1-15-12-17(20(2,3)4)13-16(19(15)21)14-22-18-10-8-6-5-7-9-11-18;1-8-5-10(12(2,3)4)6-9(7-14)11(8)13;2*1-2/h12-13,18,21H,5-11,14H2,1-4H3;5-6,13-14H,7H2,1-4H3;2*1-2H3. The summed E-state index contributed by atoms with van der Waals surface area (Å²) in [6.45, 7) is 25.2. The van der Waals surface area contributed by atoms with Crippen molar-refractivity contribution < 1.29 is 10.2 Å². The summed E-state index contributed by atoms with van der Waals surface area (Å²) in [6.07, 6.45) is 9.69. The first-order valence-corrected chi connectivity index (χ1v) is 17.3. The van der Waals surface area contributed by atoms with E-state index in [4.69, 9.17) is 0 Å². The van der Waals surface area contributed by atoms with Crippen molar-refractivity contribution in [3.63, 3.8) is 0 Å². The minimum atomic E-state index is 0.121. The molecule has 0 heterocycles. The van der Waals surface area contributed by atoms with Gasteiger partial charge in [0.15, 0.2) is 0 Å². The smallest absolute Gasteiger partial charge is 0.122 e. The van der Waals surface area contributed by atoms with Crippen LogP contribution in [0.3, 0.4) is 0 Å². The Labute approximate surface area is 258 Å². The summed E-state index contributed by atoms with van der Waals surface area (Å²) in [5, 5.41) is 20.9. The van der Waals surface area contributed by atoms with Crippen LogP contribution >= 0.6 is 24.4 Å². The van der Waals surface area contributed by atoms with Gasteiger partial charge in [0.2, 0.25) is 0 Å². The Bertz CT molecular complexity index is 976. The molecule has 0 spiro atoms. The van der Waals surface area contributed by atoms with Crippen LogP contribution in [0.15, 0.2) is 24.3 Å². The highest BCUT2D eigenvalue weighted by Gasteiger charge is 2.19. The lowest BCUT2D eigenvalue weighted by Crippen LogP contribution is -2.12. The fraction of sp³-hybridized carbons (Fsp3) is 0.667. The molecule has 0 atom stereocenters. The lowest BCUT2D eigenvalue weighted by molar-refractivity contribution is 0.464. The molecule has 40 heavy (non-hydrogen) atoms. The van der Waals surface area contributed by atoms with E-state index in [1.165, 1.54) is 56.1 Å². The Kier molecular flexibility index (Phi) is 18.4. The number of hydrogen-bond donors (Lipinski definition) is 3. The number of benzene rings is 2. The first kappa shape index (κ1) is 38.7. The number of aryl methyl sites for hydroxylation is 2. The van der Waals surface area contributed by atoms with E-state index in [0.717, 1.165) is 33.3 Å². The second-order valence-corrected chi connectivity index (χ2v) is 14.1. The molecular formula is C36H62O2S2. The van der Waals surface area contributed by atoms with E-state index in [-0.39, 0.29) is 10.8 Å². The Morgan fingerprint density at radius 1 is 0.675 bits per heavy atom. The van der Waals surface area contributed by atoms with E-state index in [1.807, 2.05) is 53.7 Å². The summed E-state index contributed by atoms with van der Waals surface area (Å²) >= 11 is 6.27. The SMILES string of the molecule is CC.CC.Cc1cc(C(C)(C)C)cc(CS)c1O.Cc1cc(C(C)(C)C)cc(CSC2CCCCCCC2)c1O. The number of phenolic OH excluding ortho intramolecular Hbond substituents is 2. The van der Waals surface area contributed by atoms with Crippen LogP contribution in [0.25, 0.3) is 0 Å². The van der Waals surface area contributed by atoms with Crippen molar-refractivity contribution in [1.29, 1.82) is 0 Å². The molecule has 2 N–H and O–H groups in total. The van der Waals surface area contributed by atoms with Gasteiger partial charge in [-0.05, 0) is 59.8 Å². The average molecular weight is 591 g/mol. The molecule has 2 aromatic carbocycles. The van der Waals surface area contributed by atoms with E-state index < -0.39 is 0 Å². The van der Waals surface area contributed by atoms with E-state index in [0.29, 0.717) is 17.3 Å². The third-order valence-electron chi connectivity index (χ3n) is 7.19. The van der Waals surface area contributed by atoms with Crippen LogP contribution < -0.4 is 0 Å². The van der Waals surface area contributed by atoms with Crippen molar-refractivity contribution >= 4 is 24.4 Å². The van der Waals surface area contributed by atoms with Gasteiger partial charge in [-0.15, -0.1) is 0 Å². The normalized spacial score (nSPS) is 14.3. The lowest BCUT2D eigenvalue weighted by Gasteiger charge is -2.23. The van der Waals surface area contributed by atoms with Crippen molar-refractivity contribution in [1.82, 2.24) is 0 Å². The second kappa shape index (κ2) is 19.0. The van der Waals surface area contributed by atoms with Crippen LogP contribution in [0.4, 0.5) is 0 Å². The van der Waals surface area contributed by atoms with Gasteiger partial charge in [0.25, 0.3) is 0 Å². The number of phenols is 2. The predicted molar refractivity (Wildman–Crippen MR) is 186 cm³/mol. The minimum absolute atomic E-state index is 0.121. The maximum absolute atomic E-state index is 10.4. The van der Waals surface area contributed by atoms with Crippen LogP contribution in [0, 0.1) is 13.8 Å². The van der Waals surface area contributed by atoms with Crippen molar-refractivity contribution in [3.05, 3.63) is 57.6 Å². The van der Waals surface area contributed by atoms with Crippen LogP contribution in [-0.2, 0) is 22.3 Å². The molecule has 0 aliphatic heterocycles. The molecule has 1 fully saturated rings. The number of hydrogen-bond acceptors (Lipinski definition) is 4. The third kappa shape index (κ3) is 13.1. The number of thioether (sulfide) groups is 1. The molecule has 1 aliphatic rings. The first-order valence-electron chi connectivity index (χ1n) is 15.6. The average Bonchev–Trinajstić information content (AvgIpc) is 2.88. The molecule has 1 aliphatic carbocycles. The van der Waals surface area contributed by atoms with Crippen molar-refractivity contribution in [2.45, 2.75) is 156 Å². The Morgan fingerprint density at radius 3 is 1.45 bits per heavy atom. The van der Waals surface area contributed by atoms with E-state index >= 15 is 0 Å². The Morgan fingerprint density at radius 2 is 1.05 bits per heavy atom. The monoisotopic (exact) mass is 590 g/mol. The molecule has 0 amide bonds. The molecule has 4 heteroatoms. The van der Waals surface area contributed by atoms with Gasteiger partial charge in [0, 0.05) is 27.9 Å². The lowest BCUT2D eigenvalue weighted by atomic mass is 9.85. The molecular weight excluding hydrogens is 529 g/mol. The molecule has 1 saturated carbocycles. The number of thiol groups is 1. The maximum atomic E-state index is 10.4. The fourth-order valence-corrected chi connectivity index (χ4v) is 6.14. The summed E-state index contributed by atoms with van der Waals surface area (Å²) < 4.78 is 0. The Hall–Kier alpha value is -1.26. The van der Waals surface area contributed by atoms with Crippen molar-refractivity contribution in [2.24, 2.45) is 0 Å². The van der Waals surface area contributed by atoms with E-state index in [2.05, 4.69) is 78.1 Å². The van der Waals surface area contributed by atoms with Gasteiger partial charge in [-0.25, -0.2) is 0 Å². The quantitative estimate of drug-likeness (QED) is 0.310. The molecule has 0 bridgehead atoms. The summed E-state index contributed by atoms with van der Waals surface area (Å²) in [5.41, 5.74) is 6.82. The van der Waals surface area contributed by atoms with Gasteiger partial charge in [-0.3, -0.25) is 0 Å².